The van der Waals surface area contributed by atoms with Gasteiger partial charge in [0.25, 0.3) is 0 Å². The van der Waals surface area contributed by atoms with Crippen molar-refractivity contribution in [3.63, 3.8) is 0 Å². The Morgan fingerprint density at radius 1 is 1.17 bits per heavy atom. The number of nitrogens with one attached hydrogen (secondary N) is 2. The monoisotopic (exact) mass is 430 g/mol. The van der Waals surface area contributed by atoms with Crippen molar-refractivity contribution in [3.8, 4) is 0 Å². The summed E-state index contributed by atoms with van der Waals surface area (Å²) in [6.07, 6.45) is 1.92. The molecule has 30 heavy (non-hydrogen) atoms. The quantitative estimate of drug-likeness (QED) is 0.483. The van der Waals surface area contributed by atoms with E-state index >= 15 is 0 Å². The topological polar surface area (TPSA) is 149 Å². The molecule has 2 atom stereocenters. The Morgan fingerprint density at radius 2 is 1.80 bits per heavy atom. The molecule has 0 amide bonds. The fourth-order valence-corrected chi connectivity index (χ4v) is 3.41. The van der Waals surface area contributed by atoms with E-state index in [0.29, 0.717) is 31.9 Å². The Bertz CT molecular complexity index is 644. The van der Waals surface area contributed by atoms with Crippen LogP contribution in [0.15, 0.2) is 11.3 Å². The SMILES string of the molecule is CC1=C(O)C2(CCOC2)NC1.COC(=O)CCNC1(C(=O)OC)CCOC1.O=C=O. The summed E-state index contributed by atoms with van der Waals surface area (Å²) in [5.74, 6) is -0.156. The minimum absolute atomic E-state index is 0.218. The average Bonchev–Trinajstić information content (AvgIpc) is 3.48. The van der Waals surface area contributed by atoms with Crippen molar-refractivity contribution in [2.45, 2.75) is 37.3 Å². The van der Waals surface area contributed by atoms with Gasteiger partial charge in [-0.2, -0.15) is 9.59 Å². The first kappa shape index (κ1) is 25.7. The van der Waals surface area contributed by atoms with Gasteiger partial charge in [-0.15, -0.1) is 0 Å². The number of esters is 2. The molecule has 0 aromatic heterocycles. The molecule has 2 unspecified atom stereocenters. The van der Waals surface area contributed by atoms with Crippen LogP contribution in [-0.4, -0.2) is 88.0 Å². The highest BCUT2D eigenvalue weighted by Gasteiger charge is 2.43. The number of aliphatic hydroxyl groups excluding tert-OH is 1. The first-order chi connectivity index (χ1) is 14.3. The van der Waals surface area contributed by atoms with Crippen LogP contribution in [-0.2, 0) is 38.1 Å². The summed E-state index contributed by atoms with van der Waals surface area (Å²) in [6.45, 7) is 5.29. The minimum Gasteiger partial charge on any atom is -0.510 e. The number of carbonyl (C=O) groups excluding carboxylic acids is 4. The maximum atomic E-state index is 11.6. The van der Waals surface area contributed by atoms with Gasteiger partial charge in [0.2, 0.25) is 0 Å². The van der Waals surface area contributed by atoms with Gasteiger partial charge < -0.3 is 24.1 Å². The third-order valence-electron chi connectivity index (χ3n) is 5.19. The van der Waals surface area contributed by atoms with Crippen LogP contribution in [0.3, 0.4) is 0 Å². The van der Waals surface area contributed by atoms with E-state index < -0.39 is 5.54 Å². The van der Waals surface area contributed by atoms with Crippen molar-refractivity contribution >= 4 is 18.1 Å². The number of hydrogen-bond acceptors (Lipinski definition) is 11. The van der Waals surface area contributed by atoms with E-state index in [0.717, 1.165) is 25.1 Å². The van der Waals surface area contributed by atoms with Crippen LogP contribution >= 0.6 is 0 Å². The van der Waals surface area contributed by atoms with E-state index in [2.05, 4.69) is 15.4 Å². The van der Waals surface area contributed by atoms with Crippen LogP contribution in [0.4, 0.5) is 0 Å². The van der Waals surface area contributed by atoms with Gasteiger partial charge in [-0.1, -0.05) is 0 Å². The number of carbonyl (C=O) groups is 2. The Kier molecular flexibility index (Phi) is 10.6. The fraction of sp³-hybridized carbons (Fsp3) is 0.737. The zero-order valence-electron chi connectivity index (χ0n) is 17.6. The maximum absolute atomic E-state index is 11.6. The highest BCUT2D eigenvalue weighted by atomic mass is 16.5. The standard InChI is InChI=1S/C10H17NO5.C8H13NO2.CO2/c1-14-8(12)3-5-11-10(9(13)15-2)4-6-16-7-10;1-6-4-9-8(7(6)10)2-3-11-5-8;2-1-3/h11H,3-7H2,1-2H3;9-10H,2-5H2,1H3;. The molecule has 3 N–H and O–H groups in total. The lowest BCUT2D eigenvalue weighted by Gasteiger charge is -2.25. The van der Waals surface area contributed by atoms with E-state index in [9.17, 15) is 14.7 Å². The van der Waals surface area contributed by atoms with Gasteiger partial charge in [0.15, 0.2) is 0 Å². The summed E-state index contributed by atoms with van der Waals surface area (Å²) >= 11 is 0. The van der Waals surface area contributed by atoms with Crippen molar-refractivity contribution in [2.24, 2.45) is 0 Å². The second-order valence-corrected chi connectivity index (χ2v) is 7.08. The molecular weight excluding hydrogens is 400 g/mol. The normalized spacial score (nSPS) is 26.9. The van der Waals surface area contributed by atoms with Crippen molar-refractivity contribution in [2.75, 3.05) is 53.7 Å². The molecule has 3 rings (SSSR count). The molecule has 11 nitrogen and oxygen atoms in total. The largest absolute Gasteiger partial charge is 0.510 e. The lowest BCUT2D eigenvalue weighted by atomic mass is 9.97. The van der Waals surface area contributed by atoms with E-state index in [1.54, 1.807) is 0 Å². The number of hydrogen-bond donors (Lipinski definition) is 3. The van der Waals surface area contributed by atoms with Crippen molar-refractivity contribution < 1.29 is 43.2 Å². The van der Waals surface area contributed by atoms with Gasteiger partial charge >= 0.3 is 18.1 Å². The number of rotatable bonds is 5. The summed E-state index contributed by atoms with van der Waals surface area (Å²) in [6, 6.07) is 0. The van der Waals surface area contributed by atoms with Crippen molar-refractivity contribution in [3.05, 3.63) is 11.3 Å². The second kappa shape index (κ2) is 12.4. The molecule has 0 radical (unpaired) electrons. The first-order valence-electron chi connectivity index (χ1n) is 9.50. The van der Waals surface area contributed by atoms with E-state index in [1.807, 2.05) is 6.92 Å². The van der Waals surface area contributed by atoms with Gasteiger partial charge in [-0.25, -0.2) is 4.79 Å². The lowest BCUT2D eigenvalue weighted by molar-refractivity contribution is -0.191. The Labute approximate surface area is 175 Å². The smallest absolute Gasteiger partial charge is 0.373 e. The van der Waals surface area contributed by atoms with Crippen LogP contribution < -0.4 is 10.6 Å². The molecular formula is C19H30N2O9. The second-order valence-electron chi connectivity index (χ2n) is 7.08. The molecule has 2 fully saturated rings. The number of methoxy groups -OCH3 is 2. The zero-order valence-corrected chi connectivity index (χ0v) is 17.6. The predicted octanol–water partition coefficient (Wildman–Crippen LogP) is -0.532. The molecule has 0 bridgehead atoms. The summed E-state index contributed by atoms with van der Waals surface area (Å²) in [5.41, 5.74) is 0.0304. The molecule has 0 aliphatic carbocycles. The number of ether oxygens (including phenoxy) is 4. The van der Waals surface area contributed by atoms with Crippen LogP contribution in [0.2, 0.25) is 0 Å². The van der Waals surface area contributed by atoms with Crippen LogP contribution in [0.5, 0.6) is 0 Å². The summed E-state index contributed by atoms with van der Waals surface area (Å²) in [7, 11) is 2.67. The number of aliphatic hydroxyl groups is 1. The van der Waals surface area contributed by atoms with Gasteiger partial charge in [-0.3, -0.25) is 15.4 Å². The average molecular weight is 430 g/mol. The molecule has 0 saturated carbocycles. The van der Waals surface area contributed by atoms with Gasteiger partial charge in [-0.05, 0) is 18.9 Å². The molecule has 3 aliphatic heterocycles. The van der Waals surface area contributed by atoms with Gasteiger partial charge in [0.05, 0.1) is 33.9 Å². The maximum Gasteiger partial charge on any atom is 0.373 e. The summed E-state index contributed by atoms with van der Waals surface area (Å²) in [5, 5.41) is 16.0. The van der Waals surface area contributed by atoms with E-state index in [4.69, 9.17) is 23.8 Å². The van der Waals surface area contributed by atoms with E-state index in [1.165, 1.54) is 14.2 Å². The molecule has 11 heteroatoms. The van der Waals surface area contributed by atoms with Gasteiger partial charge in [0, 0.05) is 32.7 Å². The van der Waals surface area contributed by atoms with Gasteiger partial charge in [0.1, 0.15) is 16.8 Å². The predicted molar refractivity (Wildman–Crippen MR) is 101 cm³/mol. The molecule has 0 aromatic rings. The van der Waals surface area contributed by atoms with E-state index in [-0.39, 0.29) is 36.7 Å². The Balaban J connectivity index is 0.000000277. The highest BCUT2D eigenvalue weighted by molar-refractivity contribution is 5.81. The zero-order chi connectivity index (χ0) is 22.6. The van der Waals surface area contributed by atoms with Crippen molar-refractivity contribution in [1.82, 2.24) is 10.6 Å². The molecule has 2 saturated heterocycles. The summed E-state index contributed by atoms with van der Waals surface area (Å²) in [4.78, 5) is 38.8. The lowest BCUT2D eigenvalue weighted by Crippen LogP contribution is -2.53. The molecule has 0 aromatic carbocycles. The molecule has 170 valence electrons. The highest BCUT2D eigenvalue weighted by Crippen LogP contribution is 2.31. The minimum atomic E-state index is -0.803. The van der Waals surface area contributed by atoms with Crippen molar-refractivity contribution in [1.29, 1.82) is 0 Å². The van der Waals surface area contributed by atoms with Crippen LogP contribution in [0.25, 0.3) is 0 Å². The van der Waals surface area contributed by atoms with Crippen LogP contribution in [0.1, 0.15) is 26.2 Å². The Hall–Kier alpha value is -2.30. The fourth-order valence-electron chi connectivity index (χ4n) is 3.41. The molecule has 3 aliphatic rings. The summed E-state index contributed by atoms with van der Waals surface area (Å²) < 4.78 is 19.7. The Morgan fingerprint density at radius 3 is 2.23 bits per heavy atom. The third kappa shape index (κ3) is 6.61. The third-order valence-corrected chi connectivity index (χ3v) is 5.19. The molecule has 1 spiro atoms. The van der Waals surface area contributed by atoms with Crippen LogP contribution in [0, 0.1) is 0 Å². The molecule has 3 heterocycles. The first-order valence-corrected chi connectivity index (χ1v) is 9.50.